The monoisotopic (exact) mass is 371 g/mol. The lowest BCUT2D eigenvalue weighted by atomic mass is 10.2. The number of carbonyl (C=O) groups is 1. The van der Waals surface area contributed by atoms with Crippen LogP contribution in [0.15, 0.2) is 53.2 Å². The van der Waals surface area contributed by atoms with Gasteiger partial charge in [-0.05, 0) is 30.3 Å². The molecular formula is C15H9ClF3N3O3. The van der Waals surface area contributed by atoms with Crippen LogP contribution in [-0.4, -0.2) is 32.4 Å². The first-order valence-corrected chi connectivity index (χ1v) is 6.96. The van der Waals surface area contributed by atoms with E-state index in [-0.39, 0.29) is 0 Å². The van der Waals surface area contributed by atoms with Crippen LogP contribution in [0.5, 0.6) is 0 Å². The maximum atomic E-state index is 10.6. The number of rotatable bonds is 2. The van der Waals surface area contributed by atoms with Crippen molar-refractivity contribution in [3.8, 4) is 23.0 Å². The Morgan fingerprint density at radius 3 is 2.44 bits per heavy atom. The van der Waals surface area contributed by atoms with Crippen LogP contribution in [0.4, 0.5) is 13.2 Å². The molecule has 0 saturated heterocycles. The lowest BCUT2D eigenvalue weighted by Crippen LogP contribution is -2.21. The van der Waals surface area contributed by atoms with Crippen LogP contribution >= 0.6 is 11.6 Å². The molecule has 0 aliphatic heterocycles. The number of hydrogen-bond donors (Lipinski definition) is 1. The van der Waals surface area contributed by atoms with Gasteiger partial charge in [0.25, 0.3) is 5.89 Å². The predicted molar refractivity (Wildman–Crippen MR) is 81.7 cm³/mol. The van der Waals surface area contributed by atoms with E-state index in [0.29, 0.717) is 22.4 Å². The van der Waals surface area contributed by atoms with Crippen molar-refractivity contribution in [3.63, 3.8) is 0 Å². The Balaban J connectivity index is 0.000000277. The SMILES string of the molecule is Clc1cccc(-c2nc(-c3ccccn3)no2)c1.O=C(O)C(F)(F)F. The Labute approximate surface area is 143 Å². The summed E-state index contributed by atoms with van der Waals surface area (Å²) in [7, 11) is 0. The summed E-state index contributed by atoms with van der Waals surface area (Å²) in [6.07, 6.45) is -3.40. The molecule has 0 aliphatic rings. The van der Waals surface area contributed by atoms with Crippen LogP contribution in [0.2, 0.25) is 5.02 Å². The van der Waals surface area contributed by atoms with E-state index in [1.165, 1.54) is 0 Å². The zero-order chi connectivity index (χ0) is 18.4. The molecule has 130 valence electrons. The van der Waals surface area contributed by atoms with E-state index in [2.05, 4.69) is 15.1 Å². The largest absolute Gasteiger partial charge is 0.490 e. The van der Waals surface area contributed by atoms with E-state index >= 15 is 0 Å². The maximum absolute atomic E-state index is 10.6. The van der Waals surface area contributed by atoms with Gasteiger partial charge in [-0.1, -0.05) is 28.9 Å². The molecule has 2 heterocycles. The van der Waals surface area contributed by atoms with E-state index in [4.69, 9.17) is 26.0 Å². The van der Waals surface area contributed by atoms with E-state index in [9.17, 15) is 13.2 Å². The summed E-state index contributed by atoms with van der Waals surface area (Å²) in [5.41, 5.74) is 1.46. The van der Waals surface area contributed by atoms with Crippen molar-refractivity contribution in [2.24, 2.45) is 0 Å². The number of carboxylic acids is 1. The highest BCUT2D eigenvalue weighted by molar-refractivity contribution is 6.30. The molecule has 1 N–H and O–H groups in total. The molecule has 25 heavy (non-hydrogen) atoms. The van der Waals surface area contributed by atoms with Crippen molar-refractivity contribution in [1.82, 2.24) is 15.1 Å². The molecule has 0 spiro atoms. The standard InChI is InChI=1S/C13H8ClN3O.C2HF3O2/c14-10-5-3-4-9(8-10)13-16-12(17-18-13)11-6-1-2-7-15-11;3-2(4,5)1(6)7/h1-8H;(H,6,7). The van der Waals surface area contributed by atoms with Gasteiger partial charge in [-0.15, -0.1) is 0 Å². The maximum Gasteiger partial charge on any atom is 0.490 e. The topological polar surface area (TPSA) is 89.1 Å². The molecule has 10 heteroatoms. The molecule has 2 aromatic heterocycles. The Kier molecular flexibility index (Phi) is 5.71. The van der Waals surface area contributed by atoms with Crippen molar-refractivity contribution in [2.45, 2.75) is 6.18 Å². The van der Waals surface area contributed by atoms with Gasteiger partial charge in [0.05, 0.1) is 0 Å². The molecule has 0 bridgehead atoms. The van der Waals surface area contributed by atoms with Crippen LogP contribution in [-0.2, 0) is 4.79 Å². The number of hydrogen-bond acceptors (Lipinski definition) is 5. The summed E-state index contributed by atoms with van der Waals surface area (Å²) in [5.74, 6) is -1.86. The summed E-state index contributed by atoms with van der Waals surface area (Å²) in [6.45, 7) is 0. The third-order valence-electron chi connectivity index (χ3n) is 2.63. The van der Waals surface area contributed by atoms with Crippen LogP contribution in [0.25, 0.3) is 23.0 Å². The highest BCUT2D eigenvalue weighted by Gasteiger charge is 2.38. The number of aromatic nitrogens is 3. The summed E-state index contributed by atoms with van der Waals surface area (Å²) in [6, 6.07) is 12.8. The van der Waals surface area contributed by atoms with E-state index in [1.54, 1.807) is 18.3 Å². The van der Waals surface area contributed by atoms with Crippen LogP contribution in [0.3, 0.4) is 0 Å². The van der Waals surface area contributed by atoms with Gasteiger partial charge in [-0.3, -0.25) is 4.98 Å². The predicted octanol–water partition coefficient (Wildman–Crippen LogP) is 4.09. The number of alkyl halides is 3. The third-order valence-corrected chi connectivity index (χ3v) is 2.87. The van der Waals surface area contributed by atoms with Gasteiger partial charge >= 0.3 is 12.1 Å². The Bertz CT molecular complexity index is 854. The molecular weight excluding hydrogens is 363 g/mol. The van der Waals surface area contributed by atoms with Crippen LogP contribution < -0.4 is 0 Å². The van der Waals surface area contributed by atoms with Crippen molar-refractivity contribution in [1.29, 1.82) is 0 Å². The minimum absolute atomic E-state index is 0.429. The third kappa shape index (κ3) is 5.28. The summed E-state index contributed by atoms with van der Waals surface area (Å²) in [5, 5.41) is 11.7. The quantitative estimate of drug-likeness (QED) is 0.730. The van der Waals surface area contributed by atoms with Gasteiger partial charge in [0.15, 0.2) is 0 Å². The Morgan fingerprint density at radius 2 is 1.88 bits per heavy atom. The molecule has 0 amide bonds. The van der Waals surface area contributed by atoms with Crippen LogP contribution in [0.1, 0.15) is 0 Å². The highest BCUT2D eigenvalue weighted by atomic mass is 35.5. The van der Waals surface area contributed by atoms with Gasteiger partial charge in [0.2, 0.25) is 5.82 Å². The lowest BCUT2D eigenvalue weighted by molar-refractivity contribution is -0.192. The first-order valence-electron chi connectivity index (χ1n) is 6.58. The zero-order valence-electron chi connectivity index (χ0n) is 12.2. The smallest absolute Gasteiger partial charge is 0.475 e. The summed E-state index contributed by atoms with van der Waals surface area (Å²) >= 11 is 5.92. The molecule has 6 nitrogen and oxygen atoms in total. The van der Waals surface area contributed by atoms with Gasteiger partial charge < -0.3 is 9.63 Å². The van der Waals surface area contributed by atoms with Gasteiger partial charge in [-0.2, -0.15) is 18.2 Å². The second-order valence-electron chi connectivity index (χ2n) is 4.45. The van der Waals surface area contributed by atoms with E-state index in [1.807, 2.05) is 30.3 Å². The van der Waals surface area contributed by atoms with Crippen molar-refractivity contribution in [3.05, 3.63) is 53.7 Å². The van der Waals surface area contributed by atoms with Crippen LogP contribution in [0, 0.1) is 0 Å². The molecule has 0 radical (unpaired) electrons. The number of halogens is 4. The van der Waals surface area contributed by atoms with Crippen molar-refractivity contribution >= 4 is 17.6 Å². The van der Waals surface area contributed by atoms with Crippen molar-refractivity contribution in [2.75, 3.05) is 0 Å². The molecule has 0 fully saturated rings. The van der Waals surface area contributed by atoms with E-state index < -0.39 is 12.1 Å². The minimum atomic E-state index is -5.08. The second kappa shape index (κ2) is 7.75. The van der Waals surface area contributed by atoms with E-state index in [0.717, 1.165) is 5.56 Å². The Morgan fingerprint density at radius 1 is 1.16 bits per heavy atom. The highest BCUT2D eigenvalue weighted by Crippen LogP contribution is 2.23. The Hall–Kier alpha value is -2.94. The van der Waals surface area contributed by atoms with Gasteiger partial charge in [0, 0.05) is 16.8 Å². The fourth-order valence-corrected chi connectivity index (χ4v) is 1.75. The molecule has 3 aromatic rings. The van der Waals surface area contributed by atoms with Gasteiger partial charge in [-0.25, -0.2) is 4.79 Å². The molecule has 0 atom stereocenters. The lowest BCUT2D eigenvalue weighted by Gasteiger charge is -1.93. The fraction of sp³-hybridized carbons (Fsp3) is 0.0667. The number of carboxylic acid groups (broad SMARTS) is 1. The number of aliphatic carboxylic acids is 1. The average Bonchev–Trinajstić information content (AvgIpc) is 3.05. The number of benzene rings is 1. The first-order chi connectivity index (χ1) is 11.8. The average molecular weight is 372 g/mol. The second-order valence-corrected chi connectivity index (χ2v) is 4.89. The normalized spacial score (nSPS) is 10.7. The molecule has 0 saturated carbocycles. The number of nitrogens with zero attached hydrogens (tertiary/aromatic N) is 3. The zero-order valence-corrected chi connectivity index (χ0v) is 13.0. The summed E-state index contributed by atoms with van der Waals surface area (Å²) < 4.78 is 36.9. The van der Waals surface area contributed by atoms with Gasteiger partial charge in [0.1, 0.15) is 5.69 Å². The molecule has 1 aromatic carbocycles. The molecule has 0 aliphatic carbocycles. The number of pyridine rings is 1. The minimum Gasteiger partial charge on any atom is -0.475 e. The summed E-state index contributed by atoms with van der Waals surface area (Å²) in [4.78, 5) is 17.4. The van der Waals surface area contributed by atoms with Crippen molar-refractivity contribution < 1.29 is 27.6 Å². The molecule has 0 unspecified atom stereocenters. The fourth-order valence-electron chi connectivity index (χ4n) is 1.56. The first kappa shape index (κ1) is 18.4. The molecule has 3 rings (SSSR count).